The number of amides is 2. The highest BCUT2D eigenvalue weighted by Gasteiger charge is 2.22. The average Bonchev–Trinajstić information content (AvgIpc) is 2.75. The van der Waals surface area contributed by atoms with Crippen molar-refractivity contribution in [1.82, 2.24) is 5.32 Å². The number of rotatable bonds is 3. The zero-order valence-electron chi connectivity index (χ0n) is 13.2. The molecule has 2 aromatic carbocycles. The molecule has 5 nitrogen and oxygen atoms in total. The first kappa shape index (κ1) is 16.3. The standard InChI is InChI=1S/C18H17ClN2O3/c1-10-13(8-11-2-4-12(5-3-11)17(20)22)9-14-16(15(10)19)24-7-6-21-18(14)23/h2-5,9H,6-8H2,1H3,(H2,20,22)(H,21,23). The van der Waals surface area contributed by atoms with E-state index in [1.165, 1.54) is 0 Å². The molecule has 0 atom stereocenters. The largest absolute Gasteiger partial charge is 0.489 e. The third kappa shape index (κ3) is 3.08. The number of hydrogen-bond acceptors (Lipinski definition) is 3. The predicted molar refractivity (Wildman–Crippen MR) is 91.8 cm³/mol. The summed E-state index contributed by atoms with van der Waals surface area (Å²) >= 11 is 6.42. The smallest absolute Gasteiger partial charge is 0.255 e. The maximum atomic E-state index is 12.2. The third-order valence-corrected chi connectivity index (χ3v) is 4.54. The van der Waals surface area contributed by atoms with Crippen LogP contribution in [0.5, 0.6) is 5.75 Å². The molecule has 0 spiro atoms. The van der Waals surface area contributed by atoms with Crippen molar-refractivity contribution in [1.29, 1.82) is 0 Å². The number of fused-ring (bicyclic) bond motifs is 1. The van der Waals surface area contributed by atoms with Crippen LogP contribution in [0.4, 0.5) is 0 Å². The summed E-state index contributed by atoms with van der Waals surface area (Å²) in [5, 5.41) is 3.25. The van der Waals surface area contributed by atoms with E-state index in [-0.39, 0.29) is 5.91 Å². The van der Waals surface area contributed by atoms with E-state index < -0.39 is 5.91 Å². The predicted octanol–water partition coefficient (Wildman–Crippen LogP) is 2.46. The lowest BCUT2D eigenvalue weighted by Gasteiger charge is -2.15. The third-order valence-electron chi connectivity index (χ3n) is 4.09. The van der Waals surface area contributed by atoms with Crippen molar-refractivity contribution in [3.8, 4) is 5.75 Å². The number of benzene rings is 2. The molecule has 0 aromatic heterocycles. The summed E-state index contributed by atoms with van der Waals surface area (Å²) in [5.74, 6) is -0.202. The van der Waals surface area contributed by atoms with Crippen molar-refractivity contribution in [3.63, 3.8) is 0 Å². The zero-order chi connectivity index (χ0) is 17.3. The monoisotopic (exact) mass is 344 g/mol. The highest BCUT2D eigenvalue weighted by Crippen LogP contribution is 2.36. The van der Waals surface area contributed by atoms with Gasteiger partial charge in [-0.05, 0) is 48.2 Å². The molecule has 0 fully saturated rings. The van der Waals surface area contributed by atoms with Crippen LogP contribution in [0.15, 0.2) is 30.3 Å². The van der Waals surface area contributed by atoms with E-state index in [0.717, 1.165) is 16.7 Å². The van der Waals surface area contributed by atoms with Gasteiger partial charge in [-0.15, -0.1) is 0 Å². The summed E-state index contributed by atoms with van der Waals surface area (Å²) in [7, 11) is 0. The van der Waals surface area contributed by atoms with Crippen LogP contribution in [0.1, 0.15) is 37.4 Å². The molecule has 2 aromatic rings. The summed E-state index contributed by atoms with van der Waals surface area (Å²) in [6.45, 7) is 2.75. The Balaban J connectivity index is 1.98. The first-order chi connectivity index (χ1) is 11.5. The average molecular weight is 345 g/mol. The Kier molecular flexibility index (Phi) is 4.44. The minimum Gasteiger partial charge on any atom is -0.489 e. The molecule has 1 aliphatic rings. The number of primary amides is 1. The van der Waals surface area contributed by atoms with Crippen LogP contribution in [0.2, 0.25) is 5.02 Å². The van der Waals surface area contributed by atoms with E-state index >= 15 is 0 Å². The molecule has 0 bridgehead atoms. The maximum absolute atomic E-state index is 12.2. The molecule has 0 saturated heterocycles. The molecule has 2 amide bonds. The summed E-state index contributed by atoms with van der Waals surface area (Å²) < 4.78 is 5.61. The number of nitrogens with two attached hydrogens (primary N) is 1. The number of carbonyl (C=O) groups excluding carboxylic acids is 2. The number of ether oxygens (including phenoxy) is 1. The Hall–Kier alpha value is -2.53. The molecule has 6 heteroatoms. The van der Waals surface area contributed by atoms with Crippen LogP contribution < -0.4 is 15.8 Å². The van der Waals surface area contributed by atoms with Gasteiger partial charge in [0.1, 0.15) is 6.61 Å². The lowest BCUT2D eigenvalue weighted by Crippen LogP contribution is -2.24. The molecule has 3 rings (SSSR count). The summed E-state index contributed by atoms with van der Waals surface area (Å²) in [6, 6.07) is 8.88. The Morgan fingerprint density at radius 3 is 2.71 bits per heavy atom. The van der Waals surface area contributed by atoms with Crippen molar-refractivity contribution < 1.29 is 14.3 Å². The fourth-order valence-corrected chi connectivity index (χ4v) is 2.97. The van der Waals surface area contributed by atoms with Gasteiger partial charge in [0.05, 0.1) is 17.1 Å². The second kappa shape index (κ2) is 6.53. The van der Waals surface area contributed by atoms with Gasteiger partial charge in [0.25, 0.3) is 5.91 Å². The van der Waals surface area contributed by atoms with E-state index in [1.807, 2.05) is 25.1 Å². The Morgan fingerprint density at radius 1 is 1.33 bits per heavy atom. The number of nitrogens with one attached hydrogen (secondary N) is 1. The number of carbonyl (C=O) groups is 2. The summed E-state index contributed by atoms with van der Waals surface area (Å²) in [4.78, 5) is 23.3. The molecule has 0 unspecified atom stereocenters. The molecular weight excluding hydrogens is 328 g/mol. The van der Waals surface area contributed by atoms with E-state index in [9.17, 15) is 9.59 Å². The number of hydrogen-bond donors (Lipinski definition) is 2. The van der Waals surface area contributed by atoms with Crippen molar-refractivity contribution in [2.45, 2.75) is 13.3 Å². The first-order valence-corrected chi connectivity index (χ1v) is 7.97. The zero-order valence-corrected chi connectivity index (χ0v) is 13.9. The maximum Gasteiger partial charge on any atom is 0.255 e. The van der Waals surface area contributed by atoms with Gasteiger partial charge in [0.15, 0.2) is 5.75 Å². The van der Waals surface area contributed by atoms with Crippen LogP contribution in [0.25, 0.3) is 0 Å². The summed E-state index contributed by atoms with van der Waals surface area (Å²) in [6.07, 6.45) is 0.588. The molecular formula is C18H17ClN2O3. The second-order valence-corrected chi connectivity index (χ2v) is 6.07. The lowest BCUT2D eigenvalue weighted by molar-refractivity contribution is 0.0955. The molecule has 1 aliphatic heterocycles. The summed E-state index contributed by atoms with van der Waals surface area (Å²) in [5.41, 5.74) is 8.97. The van der Waals surface area contributed by atoms with Crippen molar-refractivity contribution >= 4 is 23.4 Å². The molecule has 124 valence electrons. The molecule has 0 aliphatic carbocycles. The van der Waals surface area contributed by atoms with Crippen LogP contribution in [0.3, 0.4) is 0 Å². The van der Waals surface area contributed by atoms with Gasteiger partial charge < -0.3 is 15.8 Å². The Morgan fingerprint density at radius 2 is 2.04 bits per heavy atom. The van der Waals surface area contributed by atoms with Gasteiger partial charge in [0, 0.05) is 5.56 Å². The highest BCUT2D eigenvalue weighted by atomic mass is 35.5. The van der Waals surface area contributed by atoms with Crippen LogP contribution >= 0.6 is 11.6 Å². The van der Waals surface area contributed by atoms with Gasteiger partial charge >= 0.3 is 0 Å². The van der Waals surface area contributed by atoms with Crippen molar-refractivity contribution in [2.24, 2.45) is 5.73 Å². The topological polar surface area (TPSA) is 81.4 Å². The molecule has 1 heterocycles. The van der Waals surface area contributed by atoms with E-state index in [2.05, 4.69) is 5.32 Å². The van der Waals surface area contributed by atoms with Gasteiger partial charge in [-0.25, -0.2) is 0 Å². The Labute approximate surface area is 144 Å². The van der Waals surface area contributed by atoms with Gasteiger partial charge in [0.2, 0.25) is 5.91 Å². The molecule has 24 heavy (non-hydrogen) atoms. The molecule has 3 N–H and O–H groups in total. The van der Waals surface area contributed by atoms with Gasteiger partial charge in [-0.3, -0.25) is 9.59 Å². The minimum absolute atomic E-state index is 0.185. The normalized spacial score (nSPS) is 13.5. The van der Waals surface area contributed by atoms with Crippen LogP contribution in [-0.2, 0) is 6.42 Å². The molecule has 0 saturated carbocycles. The lowest BCUT2D eigenvalue weighted by atomic mass is 9.96. The van der Waals surface area contributed by atoms with E-state index in [4.69, 9.17) is 22.1 Å². The van der Waals surface area contributed by atoms with Gasteiger partial charge in [-0.2, -0.15) is 0 Å². The van der Waals surface area contributed by atoms with Crippen molar-refractivity contribution in [3.05, 3.63) is 63.2 Å². The van der Waals surface area contributed by atoms with E-state index in [1.54, 1.807) is 12.1 Å². The molecule has 0 radical (unpaired) electrons. The quantitative estimate of drug-likeness (QED) is 0.897. The Bertz CT molecular complexity index is 816. The fourth-order valence-electron chi connectivity index (χ4n) is 2.69. The van der Waals surface area contributed by atoms with Crippen LogP contribution in [-0.4, -0.2) is 25.0 Å². The number of halogens is 1. The van der Waals surface area contributed by atoms with Crippen LogP contribution in [0, 0.1) is 6.92 Å². The fraction of sp³-hybridized carbons (Fsp3) is 0.222. The first-order valence-electron chi connectivity index (χ1n) is 7.59. The van der Waals surface area contributed by atoms with E-state index in [0.29, 0.717) is 41.5 Å². The van der Waals surface area contributed by atoms with Crippen molar-refractivity contribution in [2.75, 3.05) is 13.2 Å². The minimum atomic E-state index is -0.459. The highest BCUT2D eigenvalue weighted by molar-refractivity contribution is 6.33. The SMILES string of the molecule is Cc1c(Cc2ccc(C(N)=O)cc2)cc2c(c1Cl)OCCNC2=O. The second-order valence-electron chi connectivity index (χ2n) is 5.69. The van der Waals surface area contributed by atoms with Gasteiger partial charge in [-0.1, -0.05) is 23.7 Å².